The lowest BCUT2D eigenvalue weighted by Crippen LogP contribution is -2.37. The first-order valence-corrected chi connectivity index (χ1v) is 10.5. The Hall–Kier alpha value is -2.65. The molecule has 0 atom stereocenters. The van der Waals surface area contributed by atoms with E-state index < -0.39 is 22.5 Å². The number of carbonyl (C=O) groups is 1. The van der Waals surface area contributed by atoms with Gasteiger partial charge >= 0.3 is 0 Å². The minimum atomic E-state index is -3.73. The lowest BCUT2D eigenvalue weighted by Gasteiger charge is -2.23. The van der Waals surface area contributed by atoms with Crippen molar-refractivity contribution < 1.29 is 27.4 Å². The Balaban J connectivity index is 1.78. The first-order chi connectivity index (χ1) is 13.3. The van der Waals surface area contributed by atoms with Gasteiger partial charge in [-0.1, -0.05) is 11.6 Å². The Morgan fingerprint density at radius 1 is 1.18 bits per heavy atom. The third-order valence-corrected chi connectivity index (χ3v) is 5.37. The van der Waals surface area contributed by atoms with Crippen LogP contribution in [-0.2, 0) is 14.8 Å². The topological polar surface area (TPSA) is 94.2 Å². The Labute approximate surface area is 168 Å². The molecule has 2 aromatic carbocycles. The van der Waals surface area contributed by atoms with Crippen molar-refractivity contribution in [3.63, 3.8) is 0 Å². The molecule has 1 amide bonds. The number of methoxy groups -OCH3 is 1. The van der Waals surface area contributed by atoms with Gasteiger partial charge < -0.3 is 19.5 Å². The van der Waals surface area contributed by atoms with Crippen LogP contribution in [-0.4, -0.2) is 47.4 Å². The second-order valence-corrected chi connectivity index (χ2v) is 8.31. The van der Waals surface area contributed by atoms with Crippen LogP contribution >= 0.6 is 11.6 Å². The fourth-order valence-electron chi connectivity index (χ4n) is 2.66. The number of nitrogens with zero attached hydrogens (tertiary/aromatic N) is 1. The van der Waals surface area contributed by atoms with Gasteiger partial charge in [0.2, 0.25) is 15.9 Å². The first-order valence-electron chi connectivity index (χ1n) is 8.28. The number of nitrogens with one attached hydrogen (secondary N) is 1. The summed E-state index contributed by atoms with van der Waals surface area (Å²) in [6.45, 7) is 0.465. The predicted molar refractivity (Wildman–Crippen MR) is 106 cm³/mol. The largest absolute Gasteiger partial charge is 0.495 e. The minimum absolute atomic E-state index is 0.237. The van der Waals surface area contributed by atoms with E-state index in [0.717, 1.165) is 10.6 Å². The lowest BCUT2D eigenvalue weighted by molar-refractivity contribution is -0.114. The van der Waals surface area contributed by atoms with Gasteiger partial charge in [0.25, 0.3) is 0 Å². The fourth-order valence-corrected chi connectivity index (χ4v) is 3.76. The van der Waals surface area contributed by atoms with E-state index in [9.17, 15) is 13.2 Å². The van der Waals surface area contributed by atoms with E-state index in [-0.39, 0.29) is 10.7 Å². The molecule has 150 valence electrons. The average molecular weight is 427 g/mol. The van der Waals surface area contributed by atoms with E-state index in [2.05, 4.69) is 5.32 Å². The zero-order valence-corrected chi connectivity index (χ0v) is 16.8. The number of sulfonamides is 1. The summed E-state index contributed by atoms with van der Waals surface area (Å²) in [6.07, 6.45) is 1.02. The Bertz CT molecular complexity index is 996. The van der Waals surface area contributed by atoms with Crippen LogP contribution in [0.4, 0.5) is 11.4 Å². The molecule has 1 aliphatic heterocycles. The van der Waals surface area contributed by atoms with Crippen molar-refractivity contribution in [2.45, 2.75) is 0 Å². The zero-order valence-electron chi connectivity index (χ0n) is 15.3. The van der Waals surface area contributed by atoms with Crippen LogP contribution in [0.3, 0.4) is 0 Å². The summed E-state index contributed by atoms with van der Waals surface area (Å²) in [6, 6.07) is 9.44. The van der Waals surface area contributed by atoms with Gasteiger partial charge in [-0.3, -0.25) is 9.10 Å². The normalized spacial score (nSPS) is 13.0. The molecular weight excluding hydrogens is 408 g/mol. The third kappa shape index (κ3) is 4.60. The van der Waals surface area contributed by atoms with Crippen LogP contribution in [0.25, 0.3) is 0 Å². The van der Waals surface area contributed by atoms with E-state index in [1.165, 1.54) is 25.3 Å². The standard InChI is InChI=1S/C18H19ClN2O6S/c1-25-15-6-4-13(10-14(15)19)21(28(2,23)24)11-18(22)20-12-3-5-16-17(9-12)27-8-7-26-16/h3-6,9-10H,7-8,11H2,1-2H3,(H,20,22). The molecule has 1 aliphatic rings. The van der Waals surface area contributed by atoms with Gasteiger partial charge in [-0.15, -0.1) is 0 Å². The highest BCUT2D eigenvalue weighted by atomic mass is 35.5. The van der Waals surface area contributed by atoms with Gasteiger partial charge in [0, 0.05) is 11.8 Å². The highest BCUT2D eigenvalue weighted by Crippen LogP contribution is 2.33. The smallest absolute Gasteiger partial charge is 0.245 e. The van der Waals surface area contributed by atoms with Crippen molar-refractivity contribution in [1.29, 1.82) is 0 Å². The molecule has 1 N–H and O–H groups in total. The predicted octanol–water partition coefficient (Wildman–Crippen LogP) is 2.52. The van der Waals surface area contributed by atoms with Gasteiger partial charge in [-0.05, 0) is 30.3 Å². The van der Waals surface area contributed by atoms with Gasteiger partial charge in [-0.2, -0.15) is 0 Å². The molecule has 0 aromatic heterocycles. The summed E-state index contributed by atoms with van der Waals surface area (Å²) in [5.41, 5.74) is 0.723. The van der Waals surface area contributed by atoms with Crippen LogP contribution in [0.2, 0.25) is 5.02 Å². The van der Waals surface area contributed by atoms with Gasteiger partial charge in [0.1, 0.15) is 25.5 Å². The number of hydrogen-bond acceptors (Lipinski definition) is 6. The van der Waals surface area contributed by atoms with E-state index >= 15 is 0 Å². The molecule has 0 radical (unpaired) electrons. The Kier molecular flexibility index (Phi) is 5.85. The van der Waals surface area contributed by atoms with E-state index in [1.54, 1.807) is 18.2 Å². The number of fused-ring (bicyclic) bond motifs is 1. The Morgan fingerprint density at radius 3 is 2.54 bits per heavy atom. The van der Waals surface area contributed by atoms with E-state index in [1.807, 2.05) is 0 Å². The van der Waals surface area contributed by atoms with Crippen molar-refractivity contribution in [3.8, 4) is 17.2 Å². The quantitative estimate of drug-likeness (QED) is 0.762. The number of amides is 1. The number of carbonyl (C=O) groups excluding carboxylic acids is 1. The van der Waals surface area contributed by atoms with Crippen molar-refractivity contribution in [1.82, 2.24) is 0 Å². The maximum atomic E-state index is 12.5. The SMILES string of the molecule is COc1ccc(N(CC(=O)Nc2ccc3c(c2)OCCO3)S(C)(=O)=O)cc1Cl. The summed E-state index contributed by atoms with van der Waals surface area (Å²) < 4.78 is 41.4. The monoisotopic (exact) mass is 426 g/mol. The van der Waals surface area contributed by atoms with Crippen molar-refractivity contribution >= 4 is 38.9 Å². The minimum Gasteiger partial charge on any atom is -0.495 e. The summed E-state index contributed by atoms with van der Waals surface area (Å²) in [4.78, 5) is 12.5. The van der Waals surface area contributed by atoms with Crippen LogP contribution in [0.1, 0.15) is 0 Å². The van der Waals surface area contributed by atoms with E-state index in [4.69, 9.17) is 25.8 Å². The number of benzene rings is 2. The molecule has 28 heavy (non-hydrogen) atoms. The number of hydrogen-bond donors (Lipinski definition) is 1. The molecule has 0 saturated heterocycles. The van der Waals surface area contributed by atoms with Crippen LogP contribution in [0, 0.1) is 0 Å². The summed E-state index contributed by atoms with van der Waals surface area (Å²) in [5.74, 6) is 0.995. The highest BCUT2D eigenvalue weighted by Gasteiger charge is 2.22. The zero-order chi connectivity index (χ0) is 20.3. The fraction of sp³-hybridized carbons (Fsp3) is 0.278. The Morgan fingerprint density at radius 2 is 1.89 bits per heavy atom. The average Bonchev–Trinajstić information content (AvgIpc) is 2.65. The molecule has 0 saturated carbocycles. The van der Waals surface area contributed by atoms with Gasteiger partial charge in [-0.25, -0.2) is 8.42 Å². The molecule has 3 rings (SSSR count). The molecule has 0 spiro atoms. The molecule has 8 nitrogen and oxygen atoms in total. The first kappa shape index (κ1) is 20.1. The number of rotatable bonds is 6. The molecule has 0 fully saturated rings. The van der Waals surface area contributed by atoms with Crippen LogP contribution in [0.15, 0.2) is 36.4 Å². The molecule has 10 heteroatoms. The summed E-state index contributed by atoms with van der Waals surface area (Å²) in [5, 5.41) is 2.90. The maximum absolute atomic E-state index is 12.5. The van der Waals surface area contributed by atoms with Gasteiger partial charge in [0.05, 0.1) is 24.1 Å². The van der Waals surface area contributed by atoms with Crippen LogP contribution < -0.4 is 23.8 Å². The molecule has 0 aliphatic carbocycles. The molecule has 0 unspecified atom stereocenters. The van der Waals surface area contributed by atoms with Gasteiger partial charge in [0.15, 0.2) is 11.5 Å². The molecular formula is C18H19ClN2O6S. The summed E-state index contributed by atoms with van der Waals surface area (Å²) >= 11 is 6.08. The maximum Gasteiger partial charge on any atom is 0.245 e. The number of halogens is 1. The van der Waals surface area contributed by atoms with Crippen molar-refractivity contribution in [2.24, 2.45) is 0 Å². The molecule has 0 bridgehead atoms. The van der Waals surface area contributed by atoms with Crippen LogP contribution in [0.5, 0.6) is 17.2 Å². The van der Waals surface area contributed by atoms with Crippen molar-refractivity contribution in [3.05, 3.63) is 41.4 Å². The van der Waals surface area contributed by atoms with Crippen molar-refractivity contribution in [2.75, 3.05) is 42.7 Å². The summed E-state index contributed by atoms with van der Waals surface area (Å²) in [7, 11) is -2.27. The third-order valence-electron chi connectivity index (χ3n) is 3.94. The molecule has 2 aromatic rings. The lowest BCUT2D eigenvalue weighted by atomic mass is 10.2. The second kappa shape index (κ2) is 8.15. The van der Waals surface area contributed by atoms with E-state index in [0.29, 0.717) is 36.1 Å². The number of ether oxygens (including phenoxy) is 3. The number of anilines is 2. The molecule has 1 heterocycles. The second-order valence-electron chi connectivity index (χ2n) is 6.00. The highest BCUT2D eigenvalue weighted by molar-refractivity contribution is 7.92.